The lowest BCUT2D eigenvalue weighted by atomic mass is 10.1. The number of carbonyl (C=O) groups excluding carboxylic acids is 1. The number of guanidine groups is 1. The monoisotopic (exact) mass is 476 g/mol. The van der Waals surface area contributed by atoms with Crippen molar-refractivity contribution in [2.24, 2.45) is 4.99 Å². The number of aliphatic imine (C=N–C) groups is 1. The minimum atomic E-state index is -0.255. The molecule has 0 spiro atoms. The van der Waals surface area contributed by atoms with Crippen LogP contribution >= 0.6 is 24.0 Å². The van der Waals surface area contributed by atoms with Crippen molar-refractivity contribution in [1.82, 2.24) is 16.0 Å². The molecule has 1 atom stereocenters. The Morgan fingerprint density at radius 2 is 1.81 bits per heavy atom. The van der Waals surface area contributed by atoms with Crippen molar-refractivity contribution in [1.29, 1.82) is 0 Å². The summed E-state index contributed by atoms with van der Waals surface area (Å²) in [7, 11) is 0. The van der Waals surface area contributed by atoms with Gasteiger partial charge < -0.3 is 20.7 Å². The minimum Gasteiger partial charge on any atom is -0.489 e. The lowest BCUT2D eigenvalue weighted by molar-refractivity contribution is -0.121. The van der Waals surface area contributed by atoms with E-state index in [2.05, 4.69) is 20.9 Å². The first-order valence-corrected chi connectivity index (χ1v) is 8.76. The molecule has 0 aliphatic heterocycles. The van der Waals surface area contributed by atoms with E-state index in [1.807, 2.05) is 65.8 Å². The quantitative estimate of drug-likeness (QED) is 0.322. The number of aryl methyl sites for hydroxylation is 1. The number of hydrogen-bond acceptors (Lipinski definition) is 3. The van der Waals surface area contributed by atoms with Gasteiger partial charge in [-0.2, -0.15) is 0 Å². The Bertz CT molecular complexity index is 568. The molecule has 0 radical (unpaired) electrons. The number of amides is 1. The standard InChI is InChI=1S/C19H32N4O2.HI/c1-7-20-18(22-13-17(24)23-19(4,5)6)21-12-15(3)25-16-10-8-14(2)9-11-16;/h8-11,15H,7,12-13H2,1-6H3,(H,23,24)(H2,20,21,22);1H. The molecule has 0 saturated carbocycles. The fourth-order valence-corrected chi connectivity index (χ4v) is 2.08. The summed E-state index contributed by atoms with van der Waals surface area (Å²) in [6, 6.07) is 7.97. The van der Waals surface area contributed by atoms with Crippen LogP contribution < -0.4 is 20.7 Å². The van der Waals surface area contributed by atoms with Crippen LogP contribution in [0, 0.1) is 6.92 Å². The van der Waals surface area contributed by atoms with Crippen LogP contribution in [0.1, 0.15) is 40.2 Å². The number of nitrogens with one attached hydrogen (secondary N) is 3. The average molecular weight is 476 g/mol. The van der Waals surface area contributed by atoms with Crippen LogP contribution in [0.25, 0.3) is 0 Å². The SMILES string of the molecule is CCNC(=NCC(=O)NC(C)(C)C)NCC(C)Oc1ccc(C)cc1.I. The number of rotatable bonds is 7. The van der Waals surface area contributed by atoms with Gasteiger partial charge in [-0.05, 0) is 53.7 Å². The molecule has 0 aliphatic rings. The molecule has 7 heteroatoms. The Labute approximate surface area is 174 Å². The van der Waals surface area contributed by atoms with E-state index in [9.17, 15) is 4.79 Å². The van der Waals surface area contributed by atoms with E-state index in [-0.39, 0.29) is 48.1 Å². The molecular weight excluding hydrogens is 443 g/mol. The van der Waals surface area contributed by atoms with Gasteiger partial charge in [0.25, 0.3) is 0 Å². The van der Waals surface area contributed by atoms with Crippen LogP contribution in [0.2, 0.25) is 0 Å². The maximum atomic E-state index is 11.9. The highest BCUT2D eigenvalue weighted by molar-refractivity contribution is 14.0. The van der Waals surface area contributed by atoms with Gasteiger partial charge in [0.2, 0.25) is 5.91 Å². The van der Waals surface area contributed by atoms with Gasteiger partial charge in [0, 0.05) is 12.1 Å². The summed E-state index contributed by atoms with van der Waals surface area (Å²) in [5.74, 6) is 1.34. The third kappa shape index (κ3) is 11.2. The summed E-state index contributed by atoms with van der Waals surface area (Å²) in [5, 5.41) is 9.23. The second-order valence-corrected chi connectivity index (χ2v) is 7.12. The number of hydrogen-bond donors (Lipinski definition) is 3. The topological polar surface area (TPSA) is 74.8 Å². The zero-order valence-electron chi connectivity index (χ0n) is 16.7. The highest BCUT2D eigenvalue weighted by Gasteiger charge is 2.13. The van der Waals surface area contributed by atoms with Crippen molar-refractivity contribution in [3.05, 3.63) is 29.8 Å². The van der Waals surface area contributed by atoms with E-state index in [4.69, 9.17) is 4.74 Å². The Morgan fingerprint density at radius 1 is 1.19 bits per heavy atom. The van der Waals surface area contributed by atoms with Gasteiger partial charge in [0.15, 0.2) is 5.96 Å². The molecule has 1 aromatic rings. The Hall–Kier alpha value is -1.51. The second-order valence-electron chi connectivity index (χ2n) is 7.12. The van der Waals surface area contributed by atoms with Crippen molar-refractivity contribution >= 4 is 35.8 Å². The Kier molecular flexibility index (Phi) is 11.3. The summed E-state index contributed by atoms with van der Waals surface area (Å²) in [6.07, 6.45) is -0.0324. The molecular formula is C19H33IN4O2. The lowest BCUT2D eigenvalue weighted by Crippen LogP contribution is -2.44. The van der Waals surface area contributed by atoms with Crippen LogP contribution in [0.5, 0.6) is 5.75 Å². The third-order valence-corrected chi connectivity index (χ3v) is 3.15. The van der Waals surface area contributed by atoms with E-state index < -0.39 is 0 Å². The third-order valence-electron chi connectivity index (χ3n) is 3.15. The fourth-order valence-electron chi connectivity index (χ4n) is 2.08. The van der Waals surface area contributed by atoms with Gasteiger partial charge in [-0.15, -0.1) is 24.0 Å². The van der Waals surface area contributed by atoms with Gasteiger partial charge in [-0.25, -0.2) is 4.99 Å². The van der Waals surface area contributed by atoms with E-state index in [1.165, 1.54) is 5.56 Å². The van der Waals surface area contributed by atoms with Gasteiger partial charge in [0.1, 0.15) is 18.4 Å². The summed E-state index contributed by atoms with van der Waals surface area (Å²) in [4.78, 5) is 16.2. The first-order valence-electron chi connectivity index (χ1n) is 8.76. The normalized spacial score (nSPS) is 12.6. The summed E-state index contributed by atoms with van der Waals surface area (Å²) >= 11 is 0. The Morgan fingerprint density at radius 3 is 2.35 bits per heavy atom. The average Bonchev–Trinajstić information content (AvgIpc) is 2.50. The van der Waals surface area contributed by atoms with Crippen LogP contribution in [0.3, 0.4) is 0 Å². The van der Waals surface area contributed by atoms with Gasteiger partial charge in [-0.3, -0.25) is 4.79 Å². The Balaban J connectivity index is 0.00000625. The lowest BCUT2D eigenvalue weighted by Gasteiger charge is -2.20. The van der Waals surface area contributed by atoms with Crippen molar-refractivity contribution in [3.63, 3.8) is 0 Å². The van der Waals surface area contributed by atoms with Crippen LogP contribution in [-0.2, 0) is 4.79 Å². The van der Waals surface area contributed by atoms with Crippen molar-refractivity contribution in [2.45, 2.75) is 53.2 Å². The molecule has 6 nitrogen and oxygen atoms in total. The highest BCUT2D eigenvalue weighted by atomic mass is 127. The van der Waals surface area contributed by atoms with Crippen LogP contribution in [0.15, 0.2) is 29.3 Å². The van der Waals surface area contributed by atoms with E-state index in [0.717, 1.165) is 12.3 Å². The number of benzene rings is 1. The molecule has 0 aliphatic carbocycles. The van der Waals surface area contributed by atoms with Gasteiger partial charge in [0.05, 0.1) is 6.54 Å². The molecule has 1 amide bonds. The molecule has 148 valence electrons. The maximum absolute atomic E-state index is 11.9. The first-order chi connectivity index (χ1) is 11.7. The molecule has 0 saturated heterocycles. The first kappa shape index (κ1) is 24.5. The van der Waals surface area contributed by atoms with E-state index >= 15 is 0 Å². The number of nitrogens with zero attached hydrogens (tertiary/aromatic N) is 1. The molecule has 3 N–H and O–H groups in total. The molecule has 26 heavy (non-hydrogen) atoms. The number of halogens is 1. The number of carbonyl (C=O) groups is 1. The molecule has 0 aromatic heterocycles. The van der Waals surface area contributed by atoms with Crippen LogP contribution in [-0.4, -0.2) is 43.1 Å². The molecule has 1 rings (SSSR count). The summed E-state index contributed by atoms with van der Waals surface area (Å²) < 4.78 is 5.86. The predicted octanol–water partition coefficient (Wildman–Crippen LogP) is 2.85. The minimum absolute atomic E-state index is 0. The van der Waals surface area contributed by atoms with E-state index in [0.29, 0.717) is 12.5 Å². The molecule has 1 unspecified atom stereocenters. The highest BCUT2D eigenvalue weighted by Crippen LogP contribution is 2.12. The zero-order chi connectivity index (χ0) is 18.9. The number of ether oxygens (including phenoxy) is 1. The molecule has 0 heterocycles. The second kappa shape index (κ2) is 12.0. The maximum Gasteiger partial charge on any atom is 0.242 e. The fraction of sp³-hybridized carbons (Fsp3) is 0.579. The van der Waals surface area contributed by atoms with Crippen molar-refractivity contribution in [2.75, 3.05) is 19.6 Å². The van der Waals surface area contributed by atoms with Gasteiger partial charge in [-0.1, -0.05) is 17.7 Å². The molecule has 0 bridgehead atoms. The van der Waals surface area contributed by atoms with Crippen LogP contribution in [0.4, 0.5) is 0 Å². The van der Waals surface area contributed by atoms with Crippen molar-refractivity contribution in [3.8, 4) is 5.75 Å². The smallest absolute Gasteiger partial charge is 0.242 e. The largest absolute Gasteiger partial charge is 0.489 e. The van der Waals surface area contributed by atoms with Gasteiger partial charge >= 0.3 is 0 Å². The van der Waals surface area contributed by atoms with Crippen molar-refractivity contribution < 1.29 is 9.53 Å². The predicted molar refractivity (Wildman–Crippen MR) is 119 cm³/mol. The van der Waals surface area contributed by atoms with E-state index in [1.54, 1.807) is 0 Å². The summed E-state index contributed by atoms with van der Waals surface area (Å²) in [5.41, 5.74) is 0.947. The zero-order valence-corrected chi connectivity index (χ0v) is 19.0. The molecule has 0 fully saturated rings. The molecule has 1 aromatic carbocycles. The summed E-state index contributed by atoms with van der Waals surface area (Å²) in [6.45, 7) is 13.2.